The standard InChI is InChI=1S/C20H19ClFN3O2S/c1-3-25-19(27)17(28-20(25)24-16-7-5-4-6-15(16)22)11-18(26)23-13-9-8-12(2)14(21)10-13/h4-10,17H,3,11H2,1-2H3,(H,23,26)/t17-/m0/s1. The molecule has 0 aromatic heterocycles. The van der Waals surface area contributed by atoms with Gasteiger partial charge in [0.2, 0.25) is 11.8 Å². The number of hydrogen-bond donors (Lipinski definition) is 1. The first-order valence-corrected chi connectivity index (χ1v) is 10.0. The molecule has 2 aromatic carbocycles. The molecule has 2 aromatic rings. The predicted octanol–water partition coefficient (Wildman–Crippen LogP) is 4.77. The second-order valence-electron chi connectivity index (χ2n) is 6.25. The molecular formula is C20H19ClFN3O2S. The van der Waals surface area contributed by atoms with Crippen LogP contribution in [0.5, 0.6) is 0 Å². The number of nitrogens with zero attached hydrogens (tertiary/aromatic N) is 2. The number of hydrogen-bond acceptors (Lipinski definition) is 4. The fourth-order valence-corrected chi connectivity index (χ4v) is 4.11. The van der Waals surface area contributed by atoms with E-state index in [0.717, 1.165) is 5.56 Å². The molecular weight excluding hydrogens is 401 g/mol. The van der Waals surface area contributed by atoms with Gasteiger partial charge in [-0.15, -0.1) is 0 Å². The smallest absolute Gasteiger partial charge is 0.242 e. The van der Waals surface area contributed by atoms with Gasteiger partial charge >= 0.3 is 0 Å². The van der Waals surface area contributed by atoms with Gasteiger partial charge in [-0.05, 0) is 43.7 Å². The van der Waals surface area contributed by atoms with E-state index in [-0.39, 0.29) is 23.9 Å². The lowest BCUT2D eigenvalue weighted by Gasteiger charge is -2.13. The van der Waals surface area contributed by atoms with Gasteiger partial charge in [0.25, 0.3) is 0 Å². The zero-order valence-electron chi connectivity index (χ0n) is 15.4. The Morgan fingerprint density at radius 3 is 2.75 bits per heavy atom. The van der Waals surface area contributed by atoms with E-state index in [2.05, 4.69) is 10.3 Å². The van der Waals surface area contributed by atoms with Crippen LogP contribution in [0.15, 0.2) is 47.5 Å². The number of carbonyl (C=O) groups is 2. The van der Waals surface area contributed by atoms with E-state index >= 15 is 0 Å². The maximum Gasteiger partial charge on any atom is 0.242 e. The van der Waals surface area contributed by atoms with Gasteiger partial charge in [-0.1, -0.05) is 41.6 Å². The van der Waals surface area contributed by atoms with Crippen molar-refractivity contribution in [3.63, 3.8) is 0 Å². The van der Waals surface area contributed by atoms with Crippen molar-refractivity contribution in [1.29, 1.82) is 0 Å². The van der Waals surface area contributed by atoms with Gasteiger partial charge in [0.15, 0.2) is 5.17 Å². The summed E-state index contributed by atoms with van der Waals surface area (Å²) in [5.74, 6) is -0.967. The molecule has 0 bridgehead atoms. The Balaban J connectivity index is 1.72. The van der Waals surface area contributed by atoms with Crippen LogP contribution in [0, 0.1) is 12.7 Å². The number of carbonyl (C=O) groups excluding carboxylic acids is 2. The van der Waals surface area contributed by atoms with Crippen LogP contribution in [0.25, 0.3) is 0 Å². The Morgan fingerprint density at radius 1 is 1.32 bits per heavy atom. The van der Waals surface area contributed by atoms with Crippen LogP contribution in [0.4, 0.5) is 15.8 Å². The molecule has 146 valence electrons. The van der Waals surface area contributed by atoms with Crippen LogP contribution < -0.4 is 5.32 Å². The third-order valence-electron chi connectivity index (χ3n) is 4.23. The quantitative estimate of drug-likeness (QED) is 0.759. The van der Waals surface area contributed by atoms with Crippen LogP contribution in [0.3, 0.4) is 0 Å². The number of amides is 2. The Bertz CT molecular complexity index is 951. The number of nitrogens with one attached hydrogen (secondary N) is 1. The van der Waals surface area contributed by atoms with Crippen molar-refractivity contribution in [3.8, 4) is 0 Å². The van der Waals surface area contributed by atoms with Gasteiger partial charge in [-0.2, -0.15) is 0 Å². The van der Waals surface area contributed by atoms with E-state index in [9.17, 15) is 14.0 Å². The highest BCUT2D eigenvalue weighted by molar-refractivity contribution is 8.15. The molecule has 5 nitrogen and oxygen atoms in total. The van der Waals surface area contributed by atoms with Gasteiger partial charge in [0, 0.05) is 23.7 Å². The monoisotopic (exact) mass is 419 g/mol. The van der Waals surface area contributed by atoms with Gasteiger partial charge < -0.3 is 5.32 Å². The first-order chi connectivity index (χ1) is 13.4. The molecule has 0 saturated carbocycles. The zero-order valence-corrected chi connectivity index (χ0v) is 17.0. The normalized spacial score (nSPS) is 18.0. The summed E-state index contributed by atoms with van der Waals surface area (Å²) in [7, 11) is 0. The van der Waals surface area contributed by atoms with E-state index in [1.54, 1.807) is 30.3 Å². The summed E-state index contributed by atoms with van der Waals surface area (Å²) >= 11 is 7.25. The Morgan fingerprint density at radius 2 is 2.07 bits per heavy atom. The Hall–Kier alpha value is -2.38. The highest BCUT2D eigenvalue weighted by Crippen LogP contribution is 2.32. The first kappa shape index (κ1) is 20.4. The van der Waals surface area contributed by atoms with E-state index in [0.29, 0.717) is 22.4 Å². The molecule has 2 amide bonds. The first-order valence-electron chi connectivity index (χ1n) is 8.76. The summed E-state index contributed by atoms with van der Waals surface area (Å²) in [5.41, 5.74) is 1.65. The van der Waals surface area contributed by atoms with Gasteiger partial charge in [-0.25, -0.2) is 9.38 Å². The number of aryl methyl sites for hydroxylation is 1. The molecule has 8 heteroatoms. The molecule has 1 saturated heterocycles. The molecule has 1 heterocycles. The molecule has 1 aliphatic heterocycles. The molecule has 1 aliphatic rings. The maximum absolute atomic E-state index is 13.9. The number of benzene rings is 2. The fourth-order valence-electron chi connectivity index (χ4n) is 2.71. The molecule has 28 heavy (non-hydrogen) atoms. The summed E-state index contributed by atoms with van der Waals surface area (Å²) in [6, 6.07) is 11.3. The average molecular weight is 420 g/mol. The highest BCUT2D eigenvalue weighted by atomic mass is 35.5. The molecule has 1 fully saturated rings. The lowest BCUT2D eigenvalue weighted by molar-refractivity contribution is -0.128. The van der Waals surface area contributed by atoms with Crippen molar-refractivity contribution < 1.29 is 14.0 Å². The number of thioether (sulfide) groups is 1. The third kappa shape index (κ3) is 4.54. The van der Waals surface area contributed by atoms with Crippen molar-refractivity contribution in [2.45, 2.75) is 25.5 Å². The third-order valence-corrected chi connectivity index (χ3v) is 5.81. The molecule has 0 radical (unpaired) electrons. The summed E-state index contributed by atoms with van der Waals surface area (Å²) in [4.78, 5) is 30.8. The second kappa shape index (κ2) is 8.75. The summed E-state index contributed by atoms with van der Waals surface area (Å²) in [6.07, 6.45) is -0.0121. The fraction of sp³-hybridized carbons (Fsp3) is 0.250. The van der Waals surface area contributed by atoms with Gasteiger partial charge in [0.1, 0.15) is 16.8 Å². The molecule has 0 aliphatic carbocycles. The minimum absolute atomic E-state index is 0.0121. The number of rotatable bonds is 5. The topological polar surface area (TPSA) is 61.8 Å². The number of anilines is 1. The minimum atomic E-state index is -0.605. The summed E-state index contributed by atoms with van der Waals surface area (Å²) in [6.45, 7) is 4.08. The SMILES string of the molecule is CCN1C(=O)[C@H](CC(=O)Nc2ccc(C)c(Cl)c2)SC1=Nc1ccccc1F. The predicted molar refractivity (Wildman–Crippen MR) is 112 cm³/mol. The van der Waals surface area contributed by atoms with Gasteiger partial charge in [-0.3, -0.25) is 14.5 Å². The van der Waals surface area contributed by atoms with Crippen LogP contribution in [0.2, 0.25) is 5.02 Å². The van der Waals surface area contributed by atoms with E-state index in [1.807, 2.05) is 19.9 Å². The van der Waals surface area contributed by atoms with Crippen molar-refractivity contribution in [2.24, 2.45) is 4.99 Å². The largest absolute Gasteiger partial charge is 0.326 e. The van der Waals surface area contributed by atoms with Crippen molar-refractivity contribution in [3.05, 3.63) is 58.9 Å². The molecule has 0 spiro atoms. The molecule has 1 N–H and O–H groups in total. The van der Waals surface area contributed by atoms with Crippen molar-refractivity contribution >= 4 is 51.7 Å². The summed E-state index contributed by atoms with van der Waals surface area (Å²) in [5, 5.41) is 3.10. The number of aliphatic imine (C=N–C) groups is 1. The van der Waals surface area contributed by atoms with Crippen molar-refractivity contribution in [1.82, 2.24) is 4.90 Å². The lowest BCUT2D eigenvalue weighted by atomic mass is 10.2. The second-order valence-corrected chi connectivity index (χ2v) is 7.83. The molecule has 3 rings (SSSR count). The van der Waals surface area contributed by atoms with E-state index in [4.69, 9.17) is 11.6 Å². The number of amidine groups is 1. The minimum Gasteiger partial charge on any atom is -0.326 e. The van der Waals surface area contributed by atoms with Crippen LogP contribution >= 0.6 is 23.4 Å². The van der Waals surface area contributed by atoms with Gasteiger partial charge in [0.05, 0.1) is 0 Å². The highest BCUT2D eigenvalue weighted by Gasteiger charge is 2.38. The number of para-hydroxylation sites is 1. The van der Waals surface area contributed by atoms with Crippen LogP contribution in [-0.4, -0.2) is 33.7 Å². The van der Waals surface area contributed by atoms with E-state index < -0.39 is 11.1 Å². The Kier molecular flexibility index (Phi) is 6.36. The maximum atomic E-state index is 13.9. The summed E-state index contributed by atoms with van der Waals surface area (Å²) < 4.78 is 13.9. The zero-order chi connectivity index (χ0) is 20.3. The van der Waals surface area contributed by atoms with E-state index in [1.165, 1.54) is 22.7 Å². The average Bonchev–Trinajstić information content (AvgIpc) is 2.94. The molecule has 0 unspecified atom stereocenters. The number of halogens is 2. The van der Waals surface area contributed by atoms with Crippen LogP contribution in [-0.2, 0) is 9.59 Å². The lowest BCUT2D eigenvalue weighted by Crippen LogP contribution is -2.33. The van der Waals surface area contributed by atoms with Crippen LogP contribution in [0.1, 0.15) is 18.9 Å². The molecule has 1 atom stereocenters. The Labute approximate surface area is 172 Å². The van der Waals surface area contributed by atoms with Crippen molar-refractivity contribution in [2.75, 3.05) is 11.9 Å².